The first-order valence-corrected chi connectivity index (χ1v) is 14.2. The van der Waals surface area contributed by atoms with Crippen molar-refractivity contribution in [3.8, 4) is 5.75 Å². The fourth-order valence-electron chi connectivity index (χ4n) is 4.15. The van der Waals surface area contributed by atoms with Crippen LogP contribution >= 0.6 is 15.9 Å². The maximum atomic E-state index is 13.9. The molecule has 2 aromatic carbocycles. The Labute approximate surface area is 248 Å². The molecule has 0 aromatic heterocycles. The maximum absolute atomic E-state index is 13.9. The van der Waals surface area contributed by atoms with Gasteiger partial charge in [-0.3, -0.25) is 15.0 Å². The summed E-state index contributed by atoms with van der Waals surface area (Å²) in [5.74, 6) is -0.332. The minimum absolute atomic E-state index is 0.0266. The fourth-order valence-corrected chi connectivity index (χ4v) is 4.64. The van der Waals surface area contributed by atoms with E-state index in [-0.39, 0.29) is 25.3 Å². The summed E-state index contributed by atoms with van der Waals surface area (Å²) in [5, 5.41) is 28.0. The highest BCUT2D eigenvalue weighted by Crippen LogP contribution is 2.45. The number of carbonyl (C=O) groups excluding carboxylic acids is 2. The molecule has 224 valence electrons. The van der Waals surface area contributed by atoms with Crippen LogP contribution in [0, 0.1) is 0 Å². The lowest BCUT2D eigenvalue weighted by Crippen LogP contribution is -2.56. The van der Waals surface area contributed by atoms with Gasteiger partial charge in [0.05, 0.1) is 25.9 Å². The molecule has 0 bridgehead atoms. The Morgan fingerprint density at radius 3 is 2.39 bits per heavy atom. The number of hydrazine groups is 1. The number of amides is 1. The Bertz CT molecular complexity index is 1200. The molecule has 0 fully saturated rings. The second kappa shape index (κ2) is 14.7. The summed E-state index contributed by atoms with van der Waals surface area (Å²) in [5.41, 5.74) is 4.07. The second-order valence-electron chi connectivity index (χ2n) is 10.6. The Morgan fingerprint density at radius 2 is 1.78 bits per heavy atom. The van der Waals surface area contributed by atoms with Crippen molar-refractivity contribution in [1.82, 2.24) is 10.9 Å². The highest BCUT2D eigenvalue weighted by molar-refractivity contribution is 9.10. The van der Waals surface area contributed by atoms with E-state index in [9.17, 15) is 19.8 Å². The number of aliphatic imine (C=N–C) groups is 1. The van der Waals surface area contributed by atoms with Gasteiger partial charge in [-0.1, -0.05) is 34.1 Å². The maximum Gasteiger partial charge on any atom is 0.306 e. The van der Waals surface area contributed by atoms with Crippen molar-refractivity contribution in [2.24, 2.45) is 4.99 Å². The van der Waals surface area contributed by atoms with Crippen molar-refractivity contribution >= 4 is 33.7 Å². The third kappa shape index (κ3) is 8.73. The lowest BCUT2D eigenvalue weighted by Gasteiger charge is -2.32. The van der Waals surface area contributed by atoms with Gasteiger partial charge in [0.25, 0.3) is 5.91 Å². The quantitative estimate of drug-likeness (QED) is 0.119. The van der Waals surface area contributed by atoms with Crippen LogP contribution < -0.4 is 15.6 Å². The SMILES string of the molecule is CC(C)(C)OC(=O)CC[C@]1(C(=O)NNC(CO)CO)N=C(c2ccc(OCCCO)cc2)O[C@H]1c1ccccc1Br. The van der Waals surface area contributed by atoms with E-state index in [0.717, 1.165) is 0 Å². The zero-order chi connectivity index (χ0) is 30.0. The number of nitrogens with zero attached hydrogens (tertiary/aromatic N) is 1. The lowest BCUT2D eigenvalue weighted by atomic mass is 9.83. The summed E-state index contributed by atoms with van der Waals surface area (Å²) in [7, 11) is 0. The number of carbonyl (C=O) groups is 2. The van der Waals surface area contributed by atoms with Gasteiger partial charge >= 0.3 is 5.97 Å². The zero-order valence-electron chi connectivity index (χ0n) is 23.4. The number of hydrogen-bond donors (Lipinski definition) is 5. The minimum atomic E-state index is -1.63. The van der Waals surface area contributed by atoms with E-state index in [1.54, 1.807) is 51.1 Å². The smallest absolute Gasteiger partial charge is 0.306 e. The predicted molar refractivity (Wildman–Crippen MR) is 155 cm³/mol. The average molecular weight is 637 g/mol. The van der Waals surface area contributed by atoms with E-state index in [1.165, 1.54) is 0 Å². The molecule has 0 saturated carbocycles. The summed E-state index contributed by atoms with van der Waals surface area (Å²) in [6.45, 7) is 4.83. The molecule has 2 aromatic rings. The van der Waals surface area contributed by atoms with Crippen LogP contribution in [0.4, 0.5) is 0 Å². The van der Waals surface area contributed by atoms with Gasteiger partial charge in [0.2, 0.25) is 5.90 Å². The van der Waals surface area contributed by atoms with Crippen LogP contribution in [0.1, 0.15) is 57.3 Å². The zero-order valence-corrected chi connectivity index (χ0v) is 25.0. The molecule has 1 aliphatic rings. The number of nitrogens with one attached hydrogen (secondary N) is 2. The number of benzene rings is 2. The molecule has 2 atom stereocenters. The standard InChI is InChI=1S/C29H38BrN3O8/c1-28(2,3)41-24(37)13-14-29(27(38)33-32-20(17-35)18-36)25(22-7-4-5-8-23(22)30)40-26(31-29)19-9-11-21(12-10-19)39-16-6-15-34/h4-5,7-12,20,25,32,34-36H,6,13-18H2,1-3H3,(H,33,38)/t25-,29-/m0/s1. The van der Waals surface area contributed by atoms with Crippen molar-refractivity contribution in [1.29, 1.82) is 0 Å². The Hall–Kier alpha value is -3.03. The first-order chi connectivity index (χ1) is 19.5. The second-order valence-corrected chi connectivity index (χ2v) is 11.4. The molecule has 1 amide bonds. The van der Waals surface area contributed by atoms with Gasteiger partial charge in [0.1, 0.15) is 11.4 Å². The molecule has 3 rings (SSSR count). The molecule has 0 spiro atoms. The fraction of sp³-hybridized carbons (Fsp3) is 0.483. The van der Waals surface area contributed by atoms with Crippen LogP contribution in [0.15, 0.2) is 58.0 Å². The van der Waals surface area contributed by atoms with E-state index < -0.39 is 48.4 Å². The van der Waals surface area contributed by atoms with Gasteiger partial charge < -0.3 is 29.5 Å². The van der Waals surface area contributed by atoms with E-state index in [4.69, 9.17) is 24.3 Å². The first kappa shape index (κ1) is 32.5. The van der Waals surface area contributed by atoms with Crippen LogP contribution in [0.25, 0.3) is 0 Å². The molecule has 0 aliphatic carbocycles. The van der Waals surface area contributed by atoms with E-state index in [2.05, 4.69) is 26.8 Å². The molecule has 0 radical (unpaired) electrons. The highest BCUT2D eigenvalue weighted by atomic mass is 79.9. The predicted octanol–water partition coefficient (Wildman–Crippen LogP) is 2.56. The molecule has 11 nitrogen and oxygen atoms in total. The van der Waals surface area contributed by atoms with Gasteiger partial charge in [-0.05, 0) is 57.5 Å². The molecule has 0 saturated heterocycles. The highest BCUT2D eigenvalue weighted by Gasteiger charge is 2.54. The Balaban J connectivity index is 2.04. The van der Waals surface area contributed by atoms with Crippen molar-refractivity contribution in [2.75, 3.05) is 26.4 Å². The van der Waals surface area contributed by atoms with Crippen molar-refractivity contribution in [2.45, 2.75) is 63.3 Å². The topological polar surface area (TPSA) is 159 Å². The normalized spacial score (nSPS) is 18.5. The monoisotopic (exact) mass is 635 g/mol. The van der Waals surface area contributed by atoms with E-state index in [0.29, 0.717) is 34.4 Å². The van der Waals surface area contributed by atoms with Gasteiger partial charge in [-0.2, -0.15) is 0 Å². The van der Waals surface area contributed by atoms with Crippen molar-refractivity contribution in [3.63, 3.8) is 0 Å². The van der Waals surface area contributed by atoms with E-state index >= 15 is 0 Å². The molecule has 1 aliphatic heterocycles. The van der Waals surface area contributed by atoms with Gasteiger partial charge in [-0.15, -0.1) is 0 Å². The molecule has 1 heterocycles. The Kier molecular flexibility index (Phi) is 11.7. The number of esters is 1. The molecular formula is C29H38BrN3O8. The van der Waals surface area contributed by atoms with Crippen LogP contribution in [-0.2, 0) is 19.1 Å². The Morgan fingerprint density at radius 1 is 1.10 bits per heavy atom. The summed E-state index contributed by atoms with van der Waals surface area (Å²) in [6, 6.07) is 13.4. The largest absolute Gasteiger partial charge is 0.494 e. The number of aliphatic hydroxyl groups excluding tert-OH is 3. The summed E-state index contributed by atoms with van der Waals surface area (Å²) in [6.07, 6.45) is -0.634. The van der Waals surface area contributed by atoms with Gasteiger partial charge in [0, 0.05) is 35.0 Å². The van der Waals surface area contributed by atoms with Gasteiger partial charge in [-0.25, -0.2) is 10.4 Å². The summed E-state index contributed by atoms with van der Waals surface area (Å²) >= 11 is 3.56. The molecule has 0 unspecified atom stereocenters. The number of hydrogen-bond acceptors (Lipinski definition) is 10. The van der Waals surface area contributed by atoms with Crippen molar-refractivity contribution < 1.29 is 39.1 Å². The van der Waals surface area contributed by atoms with Gasteiger partial charge in [0.15, 0.2) is 11.6 Å². The van der Waals surface area contributed by atoms with E-state index in [1.807, 2.05) is 18.2 Å². The lowest BCUT2D eigenvalue weighted by molar-refractivity contribution is -0.155. The number of ether oxygens (including phenoxy) is 3. The third-order valence-electron chi connectivity index (χ3n) is 6.18. The minimum Gasteiger partial charge on any atom is -0.494 e. The average Bonchev–Trinajstić information content (AvgIpc) is 3.33. The van der Waals surface area contributed by atoms with Crippen LogP contribution in [0.2, 0.25) is 0 Å². The number of halogens is 1. The van der Waals surface area contributed by atoms with Crippen LogP contribution in [-0.4, -0.2) is 76.7 Å². The van der Waals surface area contributed by atoms with Crippen LogP contribution in [0.3, 0.4) is 0 Å². The molecule has 5 N–H and O–H groups in total. The van der Waals surface area contributed by atoms with Crippen LogP contribution in [0.5, 0.6) is 5.75 Å². The molecule has 12 heteroatoms. The number of rotatable bonds is 14. The first-order valence-electron chi connectivity index (χ1n) is 13.4. The summed E-state index contributed by atoms with van der Waals surface area (Å²) in [4.78, 5) is 31.5. The third-order valence-corrected chi connectivity index (χ3v) is 6.90. The number of aliphatic hydroxyl groups is 3. The van der Waals surface area contributed by atoms with Crippen molar-refractivity contribution in [3.05, 3.63) is 64.1 Å². The molecule has 41 heavy (non-hydrogen) atoms. The summed E-state index contributed by atoms with van der Waals surface area (Å²) < 4.78 is 18.2. The molecular weight excluding hydrogens is 598 g/mol.